The van der Waals surface area contributed by atoms with Gasteiger partial charge in [-0.3, -0.25) is 10.2 Å². The normalized spacial score (nSPS) is 17.9. The van der Waals surface area contributed by atoms with Crippen LogP contribution >= 0.6 is 0 Å². The van der Waals surface area contributed by atoms with Gasteiger partial charge < -0.3 is 20.1 Å². The molecule has 0 unspecified atom stereocenters. The van der Waals surface area contributed by atoms with Crippen LogP contribution in [-0.2, 0) is 10.2 Å². The van der Waals surface area contributed by atoms with Crippen LogP contribution in [0.4, 0.5) is 14.5 Å². The Kier molecular flexibility index (Phi) is 4.26. The lowest BCUT2D eigenvalue weighted by molar-refractivity contribution is -0.286. The number of anilines is 1. The highest BCUT2D eigenvalue weighted by atomic mass is 19.3. The predicted molar refractivity (Wildman–Crippen MR) is 98.6 cm³/mol. The summed E-state index contributed by atoms with van der Waals surface area (Å²) in [6, 6.07) is 13.7. The third-order valence-corrected chi connectivity index (χ3v) is 4.66. The number of ether oxygens (including phenoxy) is 2. The zero-order valence-corrected chi connectivity index (χ0v) is 14.7. The first-order valence-corrected chi connectivity index (χ1v) is 8.67. The van der Waals surface area contributed by atoms with E-state index in [4.69, 9.17) is 5.41 Å². The lowest BCUT2D eigenvalue weighted by atomic mass is 9.94. The number of halogens is 2. The standard InChI is InChI=1S/C20H17F2N3O3/c21-20(22)27-15-7-6-13(12-16(15)28-20)19(9-10-19)18(26)25-17(23)8-11-24-14-4-2-1-3-5-14/h1-8,11-12,24H,9-10H2,(H2,23,25,26)/b11-8-. The van der Waals surface area contributed by atoms with Crippen LogP contribution < -0.4 is 20.1 Å². The lowest BCUT2D eigenvalue weighted by Gasteiger charge is -2.15. The summed E-state index contributed by atoms with van der Waals surface area (Å²) in [6.45, 7) is 0. The summed E-state index contributed by atoms with van der Waals surface area (Å²) in [6.07, 6.45) is 0.419. The van der Waals surface area contributed by atoms with Crippen LogP contribution in [0.1, 0.15) is 18.4 Å². The van der Waals surface area contributed by atoms with Crippen molar-refractivity contribution in [2.45, 2.75) is 24.6 Å². The number of nitrogens with one attached hydrogen (secondary N) is 3. The highest BCUT2D eigenvalue weighted by Crippen LogP contribution is 2.51. The maximum atomic E-state index is 13.2. The zero-order valence-electron chi connectivity index (χ0n) is 14.7. The summed E-state index contributed by atoms with van der Waals surface area (Å²) in [5, 5.41) is 13.5. The number of carbonyl (C=O) groups is 1. The molecule has 8 heteroatoms. The predicted octanol–water partition coefficient (Wildman–Crippen LogP) is 3.76. The van der Waals surface area contributed by atoms with Crippen LogP contribution in [-0.4, -0.2) is 18.0 Å². The van der Waals surface area contributed by atoms with Crippen molar-refractivity contribution in [3.8, 4) is 11.5 Å². The fourth-order valence-electron chi connectivity index (χ4n) is 3.06. The Labute approximate surface area is 159 Å². The van der Waals surface area contributed by atoms with Crippen molar-refractivity contribution in [3.63, 3.8) is 0 Å². The molecule has 144 valence electrons. The molecule has 4 rings (SSSR count). The average molecular weight is 385 g/mol. The van der Waals surface area contributed by atoms with Crippen molar-refractivity contribution in [1.82, 2.24) is 5.32 Å². The second-order valence-corrected chi connectivity index (χ2v) is 6.62. The molecule has 1 saturated carbocycles. The van der Waals surface area contributed by atoms with Gasteiger partial charge in [0.25, 0.3) is 0 Å². The molecule has 0 radical (unpaired) electrons. The summed E-state index contributed by atoms with van der Waals surface area (Å²) < 4.78 is 35.2. The largest absolute Gasteiger partial charge is 0.586 e. The summed E-state index contributed by atoms with van der Waals surface area (Å²) in [5.41, 5.74) is 0.571. The topological polar surface area (TPSA) is 83.4 Å². The molecule has 6 nitrogen and oxygen atoms in total. The smallest absolute Gasteiger partial charge is 0.395 e. The minimum Gasteiger partial charge on any atom is -0.395 e. The number of benzene rings is 2. The summed E-state index contributed by atoms with van der Waals surface area (Å²) >= 11 is 0. The highest BCUT2D eigenvalue weighted by Gasteiger charge is 2.52. The third-order valence-electron chi connectivity index (χ3n) is 4.66. The minimum absolute atomic E-state index is 0.0624. The molecule has 2 aliphatic rings. The number of hydrogen-bond donors (Lipinski definition) is 3. The molecule has 1 aliphatic heterocycles. The number of amidine groups is 1. The third kappa shape index (κ3) is 3.53. The van der Waals surface area contributed by atoms with Gasteiger partial charge in [0.2, 0.25) is 5.91 Å². The summed E-state index contributed by atoms with van der Waals surface area (Å²) in [5.74, 6) is -0.587. The molecule has 1 fully saturated rings. The van der Waals surface area contributed by atoms with Gasteiger partial charge in [-0.2, -0.15) is 0 Å². The Hall–Kier alpha value is -3.42. The van der Waals surface area contributed by atoms with Gasteiger partial charge in [0, 0.05) is 11.9 Å². The van der Waals surface area contributed by atoms with Crippen LogP contribution in [0.5, 0.6) is 11.5 Å². The molecule has 0 saturated heterocycles. The molecular formula is C20H17F2N3O3. The maximum absolute atomic E-state index is 13.2. The van der Waals surface area contributed by atoms with Crippen LogP contribution in [0, 0.1) is 5.41 Å². The van der Waals surface area contributed by atoms with Gasteiger partial charge in [0.1, 0.15) is 5.84 Å². The van der Waals surface area contributed by atoms with Gasteiger partial charge >= 0.3 is 6.29 Å². The van der Waals surface area contributed by atoms with Gasteiger partial charge in [-0.1, -0.05) is 24.3 Å². The van der Waals surface area contributed by atoms with E-state index in [1.54, 1.807) is 12.3 Å². The van der Waals surface area contributed by atoms with Crippen molar-refractivity contribution in [2.75, 3.05) is 5.32 Å². The van der Waals surface area contributed by atoms with Gasteiger partial charge in [0.05, 0.1) is 5.41 Å². The molecule has 3 N–H and O–H groups in total. The van der Waals surface area contributed by atoms with E-state index < -0.39 is 11.7 Å². The number of amides is 1. The van der Waals surface area contributed by atoms with Gasteiger partial charge in [0.15, 0.2) is 11.5 Å². The molecule has 0 bridgehead atoms. The molecule has 1 aliphatic carbocycles. The summed E-state index contributed by atoms with van der Waals surface area (Å²) in [7, 11) is 0. The van der Waals surface area contributed by atoms with Crippen molar-refractivity contribution in [3.05, 3.63) is 66.4 Å². The molecule has 1 amide bonds. The second-order valence-electron chi connectivity index (χ2n) is 6.62. The van der Waals surface area contributed by atoms with E-state index in [0.717, 1.165) is 5.69 Å². The van der Waals surface area contributed by atoms with Crippen molar-refractivity contribution in [2.24, 2.45) is 0 Å². The molecule has 0 spiro atoms. The van der Waals surface area contributed by atoms with E-state index in [2.05, 4.69) is 20.1 Å². The molecule has 2 aromatic rings. The van der Waals surface area contributed by atoms with E-state index in [-0.39, 0.29) is 23.2 Å². The van der Waals surface area contributed by atoms with Crippen LogP contribution in [0.2, 0.25) is 0 Å². The van der Waals surface area contributed by atoms with E-state index >= 15 is 0 Å². The van der Waals surface area contributed by atoms with Gasteiger partial charge in [-0.25, -0.2) is 0 Å². The average Bonchev–Trinajstić information content (AvgIpc) is 3.40. The van der Waals surface area contributed by atoms with E-state index in [1.165, 1.54) is 18.2 Å². The van der Waals surface area contributed by atoms with Gasteiger partial charge in [-0.05, 0) is 48.7 Å². The molecule has 1 heterocycles. The second kappa shape index (κ2) is 6.63. The fraction of sp³-hybridized carbons (Fsp3) is 0.200. The Balaban J connectivity index is 1.40. The van der Waals surface area contributed by atoms with Gasteiger partial charge in [-0.15, -0.1) is 8.78 Å². The van der Waals surface area contributed by atoms with Crippen molar-refractivity contribution in [1.29, 1.82) is 5.41 Å². The van der Waals surface area contributed by atoms with Crippen LogP contribution in [0.25, 0.3) is 0 Å². The monoisotopic (exact) mass is 385 g/mol. The molecular weight excluding hydrogens is 368 g/mol. The Morgan fingerprint density at radius 3 is 2.50 bits per heavy atom. The Morgan fingerprint density at radius 1 is 1.07 bits per heavy atom. The van der Waals surface area contributed by atoms with E-state index in [9.17, 15) is 13.6 Å². The molecule has 0 atom stereocenters. The van der Waals surface area contributed by atoms with Crippen molar-refractivity contribution >= 4 is 17.4 Å². The fourth-order valence-corrected chi connectivity index (χ4v) is 3.06. The highest BCUT2D eigenvalue weighted by molar-refractivity contribution is 6.07. The first kappa shape index (κ1) is 18.0. The Bertz CT molecular complexity index is 956. The number of rotatable bonds is 5. The number of para-hydroxylation sites is 1. The number of alkyl halides is 2. The number of fused-ring (bicyclic) bond motifs is 1. The Morgan fingerprint density at radius 2 is 1.79 bits per heavy atom. The minimum atomic E-state index is -3.70. The number of carbonyl (C=O) groups excluding carboxylic acids is 1. The first-order valence-electron chi connectivity index (χ1n) is 8.67. The van der Waals surface area contributed by atoms with E-state index in [1.807, 2.05) is 30.3 Å². The molecule has 2 aromatic carbocycles. The maximum Gasteiger partial charge on any atom is 0.586 e. The SMILES string of the molecule is N=C(/C=C\Nc1ccccc1)NC(=O)C1(c2ccc3c(c2)OC(F)(F)O3)CC1. The summed E-state index contributed by atoms with van der Waals surface area (Å²) in [4.78, 5) is 12.7. The number of hydrogen-bond acceptors (Lipinski definition) is 5. The van der Waals surface area contributed by atoms with Crippen LogP contribution in [0.15, 0.2) is 60.8 Å². The molecule has 28 heavy (non-hydrogen) atoms. The first-order chi connectivity index (χ1) is 13.4. The zero-order chi connectivity index (χ0) is 19.8. The van der Waals surface area contributed by atoms with E-state index in [0.29, 0.717) is 18.4 Å². The lowest BCUT2D eigenvalue weighted by Crippen LogP contribution is -2.37. The quantitative estimate of drug-likeness (QED) is 0.541. The van der Waals surface area contributed by atoms with Crippen molar-refractivity contribution < 1.29 is 23.0 Å². The molecule has 0 aromatic heterocycles. The van der Waals surface area contributed by atoms with Crippen LogP contribution in [0.3, 0.4) is 0 Å².